The highest BCUT2D eigenvalue weighted by Gasteiger charge is 2.18. The van der Waals surface area contributed by atoms with Crippen molar-refractivity contribution in [3.8, 4) is 28.4 Å². The summed E-state index contributed by atoms with van der Waals surface area (Å²) in [5.41, 5.74) is 3.45. The molecule has 1 atom stereocenters. The molecule has 0 fully saturated rings. The quantitative estimate of drug-likeness (QED) is 0.561. The average molecular weight is 406 g/mol. The third-order valence-electron chi connectivity index (χ3n) is 4.71. The highest BCUT2D eigenvalue weighted by atomic mass is 16.5. The number of amides is 1. The van der Waals surface area contributed by atoms with Crippen LogP contribution in [0.15, 0.2) is 66.7 Å². The van der Waals surface area contributed by atoms with E-state index < -0.39 is 6.04 Å². The zero-order valence-corrected chi connectivity index (χ0v) is 17.6. The third kappa shape index (κ3) is 4.66. The van der Waals surface area contributed by atoms with Crippen LogP contribution in [0.2, 0.25) is 0 Å². The van der Waals surface area contributed by atoms with Crippen LogP contribution in [0.1, 0.15) is 6.92 Å². The molecule has 0 aromatic heterocycles. The lowest BCUT2D eigenvalue weighted by molar-refractivity contribution is -0.116. The summed E-state index contributed by atoms with van der Waals surface area (Å²) < 4.78 is 16.1. The number of rotatable bonds is 8. The Morgan fingerprint density at radius 2 is 1.43 bits per heavy atom. The first-order chi connectivity index (χ1) is 14.6. The van der Waals surface area contributed by atoms with Crippen molar-refractivity contribution < 1.29 is 19.0 Å². The maximum Gasteiger partial charge on any atom is 0.246 e. The van der Waals surface area contributed by atoms with Crippen LogP contribution in [0.4, 0.5) is 11.4 Å². The van der Waals surface area contributed by atoms with Crippen LogP contribution in [-0.4, -0.2) is 33.3 Å². The fraction of sp³-hybridized carbons (Fsp3) is 0.208. The molecule has 0 aliphatic rings. The molecule has 6 nitrogen and oxygen atoms in total. The zero-order valence-electron chi connectivity index (χ0n) is 17.6. The van der Waals surface area contributed by atoms with E-state index in [4.69, 9.17) is 14.2 Å². The fourth-order valence-electron chi connectivity index (χ4n) is 3.18. The molecule has 156 valence electrons. The summed E-state index contributed by atoms with van der Waals surface area (Å²) in [6, 6.07) is 20.7. The van der Waals surface area contributed by atoms with Gasteiger partial charge in [-0.1, -0.05) is 48.5 Å². The summed E-state index contributed by atoms with van der Waals surface area (Å²) in [4.78, 5) is 12.9. The minimum Gasteiger partial charge on any atom is -0.493 e. The molecule has 0 saturated carbocycles. The number of benzene rings is 3. The van der Waals surface area contributed by atoms with Crippen molar-refractivity contribution in [3.05, 3.63) is 66.7 Å². The first-order valence-corrected chi connectivity index (χ1v) is 9.59. The van der Waals surface area contributed by atoms with Gasteiger partial charge in [-0.05, 0) is 18.6 Å². The first-order valence-electron chi connectivity index (χ1n) is 9.59. The van der Waals surface area contributed by atoms with Crippen LogP contribution in [0, 0.1) is 0 Å². The highest BCUT2D eigenvalue weighted by Crippen LogP contribution is 2.40. The number of hydrogen-bond acceptors (Lipinski definition) is 5. The van der Waals surface area contributed by atoms with Gasteiger partial charge in [-0.15, -0.1) is 0 Å². The molecule has 3 rings (SSSR count). The minimum atomic E-state index is -0.503. The minimum absolute atomic E-state index is 0.160. The number of anilines is 2. The Hall–Kier alpha value is -3.67. The van der Waals surface area contributed by atoms with E-state index in [2.05, 4.69) is 10.6 Å². The van der Waals surface area contributed by atoms with E-state index in [1.54, 1.807) is 40.4 Å². The largest absolute Gasteiger partial charge is 0.493 e. The summed E-state index contributed by atoms with van der Waals surface area (Å²) >= 11 is 0. The molecule has 3 aromatic carbocycles. The van der Waals surface area contributed by atoms with Crippen molar-refractivity contribution in [1.82, 2.24) is 0 Å². The first kappa shape index (κ1) is 21.0. The molecule has 0 radical (unpaired) electrons. The average Bonchev–Trinajstić information content (AvgIpc) is 2.79. The van der Waals surface area contributed by atoms with Crippen molar-refractivity contribution in [2.45, 2.75) is 13.0 Å². The second-order valence-corrected chi connectivity index (χ2v) is 6.68. The van der Waals surface area contributed by atoms with E-state index in [1.807, 2.05) is 54.6 Å². The lowest BCUT2D eigenvalue weighted by Crippen LogP contribution is -2.32. The van der Waals surface area contributed by atoms with Gasteiger partial charge in [0.1, 0.15) is 6.04 Å². The Bertz CT molecular complexity index is 980. The van der Waals surface area contributed by atoms with Gasteiger partial charge in [-0.25, -0.2) is 0 Å². The summed E-state index contributed by atoms with van der Waals surface area (Å²) in [6.07, 6.45) is 0. The van der Waals surface area contributed by atoms with Crippen LogP contribution in [-0.2, 0) is 4.79 Å². The number of carbonyl (C=O) groups is 1. The van der Waals surface area contributed by atoms with Gasteiger partial charge >= 0.3 is 0 Å². The summed E-state index contributed by atoms with van der Waals surface area (Å²) in [6.45, 7) is 1.80. The zero-order chi connectivity index (χ0) is 21.5. The topological polar surface area (TPSA) is 68.8 Å². The molecule has 6 heteroatoms. The molecule has 30 heavy (non-hydrogen) atoms. The number of nitrogens with one attached hydrogen (secondary N) is 2. The van der Waals surface area contributed by atoms with Gasteiger partial charge in [0.25, 0.3) is 0 Å². The second kappa shape index (κ2) is 9.69. The predicted octanol–water partition coefficient (Wildman–Crippen LogP) is 4.82. The summed E-state index contributed by atoms with van der Waals surface area (Å²) in [7, 11) is 4.66. The van der Waals surface area contributed by atoms with E-state index >= 15 is 0 Å². The Kier molecular flexibility index (Phi) is 6.80. The summed E-state index contributed by atoms with van der Waals surface area (Å²) in [5.74, 6) is 1.37. The number of hydrogen-bond donors (Lipinski definition) is 2. The van der Waals surface area contributed by atoms with E-state index in [0.717, 1.165) is 16.8 Å². The standard InChI is InChI=1S/C24H26N2O4/c1-16(25-18-14-21(28-2)23(30-4)22(15-18)29-3)24(27)26-20-13-9-8-12-19(20)17-10-6-5-7-11-17/h5-16,25H,1-4H3,(H,26,27)/t16-/m0/s1. The normalized spacial score (nSPS) is 11.3. The Balaban J connectivity index is 1.78. The van der Waals surface area contributed by atoms with Crippen molar-refractivity contribution in [1.29, 1.82) is 0 Å². The Labute approximate surface area is 176 Å². The molecule has 0 unspecified atom stereocenters. The second-order valence-electron chi connectivity index (χ2n) is 6.68. The maximum absolute atomic E-state index is 12.9. The van der Waals surface area contributed by atoms with Gasteiger partial charge in [0.2, 0.25) is 11.7 Å². The monoisotopic (exact) mass is 406 g/mol. The van der Waals surface area contributed by atoms with Gasteiger partial charge in [0.15, 0.2) is 11.5 Å². The SMILES string of the molecule is COc1cc(N[C@@H](C)C(=O)Nc2ccccc2-c2ccccc2)cc(OC)c1OC. The van der Waals surface area contributed by atoms with Crippen LogP contribution in [0.25, 0.3) is 11.1 Å². The van der Waals surface area contributed by atoms with Crippen LogP contribution >= 0.6 is 0 Å². The highest BCUT2D eigenvalue weighted by molar-refractivity contribution is 5.99. The van der Waals surface area contributed by atoms with Crippen LogP contribution < -0.4 is 24.8 Å². The lowest BCUT2D eigenvalue weighted by atomic mass is 10.0. The van der Waals surface area contributed by atoms with E-state index in [1.165, 1.54) is 0 Å². The van der Waals surface area contributed by atoms with E-state index in [0.29, 0.717) is 22.9 Å². The fourth-order valence-corrected chi connectivity index (χ4v) is 3.18. The van der Waals surface area contributed by atoms with Crippen LogP contribution in [0.5, 0.6) is 17.2 Å². The predicted molar refractivity (Wildman–Crippen MR) is 120 cm³/mol. The Morgan fingerprint density at radius 3 is 2.03 bits per heavy atom. The van der Waals surface area contributed by atoms with E-state index in [-0.39, 0.29) is 5.91 Å². The maximum atomic E-state index is 12.9. The van der Waals surface area contributed by atoms with Crippen molar-refractivity contribution in [2.75, 3.05) is 32.0 Å². The van der Waals surface area contributed by atoms with Gasteiger partial charge < -0.3 is 24.8 Å². The van der Waals surface area contributed by atoms with Crippen molar-refractivity contribution >= 4 is 17.3 Å². The molecular weight excluding hydrogens is 380 g/mol. The molecule has 2 N–H and O–H groups in total. The van der Waals surface area contributed by atoms with Crippen molar-refractivity contribution in [3.63, 3.8) is 0 Å². The van der Waals surface area contributed by atoms with Gasteiger partial charge in [-0.3, -0.25) is 4.79 Å². The molecule has 0 saturated heterocycles. The molecule has 1 amide bonds. The van der Waals surface area contributed by atoms with Crippen molar-refractivity contribution in [2.24, 2.45) is 0 Å². The van der Waals surface area contributed by atoms with Crippen LogP contribution in [0.3, 0.4) is 0 Å². The third-order valence-corrected chi connectivity index (χ3v) is 4.71. The number of ether oxygens (including phenoxy) is 3. The molecule has 3 aromatic rings. The smallest absolute Gasteiger partial charge is 0.246 e. The molecule has 0 aliphatic carbocycles. The molecular formula is C24H26N2O4. The Morgan fingerprint density at radius 1 is 0.833 bits per heavy atom. The van der Waals surface area contributed by atoms with Gasteiger partial charge in [-0.2, -0.15) is 0 Å². The van der Waals surface area contributed by atoms with Gasteiger partial charge in [0, 0.05) is 29.1 Å². The molecule has 0 bridgehead atoms. The molecule has 0 aliphatic heterocycles. The molecule has 0 spiro atoms. The number of carbonyl (C=O) groups excluding carboxylic acids is 1. The van der Waals surface area contributed by atoms with Gasteiger partial charge in [0.05, 0.1) is 21.3 Å². The molecule has 0 heterocycles. The van der Waals surface area contributed by atoms with E-state index in [9.17, 15) is 4.79 Å². The summed E-state index contributed by atoms with van der Waals surface area (Å²) in [5, 5.41) is 6.21. The number of para-hydroxylation sites is 1. The number of methoxy groups -OCH3 is 3. The lowest BCUT2D eigenvalue weighted by Gasteiger charge is -2.19.